The van der Waals surface area contributed by atoms with Crippen molar-refractivity contribution in [1.29, 1.82) is 0 Å². The summed E-state index contributed by atoms with van der Waals surface area (Å²) in [5.41, 5.74) is 3.79. The highest BCUT2D eigenvalue weighted by Gasteiger charge is 2.09. The lowest BCUT2D eigenvalue weighted by molar-refractivity contribution is -0.114. The molecule has 3 rings (SSSR count). The molecule has 28 heavy (non-hydrogen) atoms. The number of benzene rings is 2. The van der Waals surface area contributed by atoms with Crippen molar-refractivity contribution in [1.82, 2.24) is 25.1 Å². The van der Waals surface area contributed by atoms with Crippen molar-refractivity contribution in [3.63, 3.8) is 0 Å². The summed E-state index contributed by atoms with van der Waals surface area (Å²) >= 11 is 0. The van der Waals surface area contributed by atoms with E-state index in [4.69, 9.17) is 0 Å². The second-order valence-corrected chi connectivity index (χ2v) is 6.43. The number of aryl methyl sites for hydroxylation is 1. The molecule has 0 aliphatic carbocycles. The number of nitrogens with zero attached hydrogens (tertiary/aromatic N) is 5. The van der Waals surface area contributed by atoms with Gasteiger partial charge in [0.2, 0.25) is 5.91 Å². The molecule has 2 N–H and O–H groups in total. The van der Waals surface area contributed by atoms with Crippen LogP contribution in [-0.4, -0.2) is 57.6 Å². The number of amides is 2. The number of aromatic nitrogens is 4. The van der Waals surface area contributed by atoms with Crippen molar-refractivity contribution < 1.29 is 9.59 Å². The highest BCUT2D eigenvalue weighted by molar-refractivity contribution is 5.96. The third-order valence-corrected chi connectivity index (χ3v) is 4.10. The summed E-state index contributed by atoms with van der Waals surface area (Å²) in [5.74, 6) is -0.281. The van der Waals surface area contributed by atoms with Crippen LogP contribution in [0.1, 0.15) is 15.9 Å². The molecule has 0 aliphatic heterocycles. The van der Waals surface area contributed by atoms with Crippen LogP contribution in [0.15, 0.2) is 48.8 Å². The Morgan fingerprint density at radius 2 is 1.86 bits per heavy atom. The second kappa shape index (κ2) is 8.30. The fourth-order valence-electron chi connectivity index (χ4n) is 2.56. The van der Waals surface area contributed by atoms with Gasteiger partial charge in [0.05, 0.1) is 12.2 Å². The zero-order chi connectivity index (χ0) is 20.1. The fourth-order valence-corrected chi connectivity index (χ4v) is 2.56. The number of carbonyl (C=O) groups is 2. The van der Waals surface area contributed by atoms with Gasteiger partial charge in [-0.15, -0.1) is 5.10 Å². The molecule has 0 fully saturated rings. The molecule has 0 spiro atoms. The average molecular weight is 379 g/mol. The minimum absolute atomic E-state index is 0.0857. The van der Waals surface area contributed by atoms with Crippen molar-refractivity contribution in [2.75, 3.05) is 31.3 Å². The first-order chi connectivity index (χ1) is 13.4. The summed E-state index contributed by atoms with van der Waals surface area (Å²) in [4.78, 5) is 25.7. The molecular formula is C19H21N7O2. The van der Waals surface area contributed by atoms with Gasteiger partial charge in [0.15, 0.2) is 0 Å². The SMILES string of the molecule is Cc1ccc(-n2cnnn2)cc1NCC(=O)Nc1ccc(C(=O)N(C)C)cc1. The van der Waals surface area contributed by atoms with E-state index in [0.29, 0.717) is 11.3 Å². The summed E-state index contributed by atoms with van der Waals surface area (Å²) < 4.78 is 1.54. The van der Waals surface area contributed by atoms with E-state index in [1.165, 1.54) is 11.2 Å². The lowest BCUT2D eigenvalue weighted by Gasteiger charge is -2.12. The summed E-state index contributed by atoms with van der Waals surface area (Å²) in [6.07, 6.45) is 1.51. The van der Waals surface area contributed by atoms with Gasteiger partial charge < -0.3 is 15.5 Å². The molecule has 0 aliphatic rings. The Balaban J connectivity index is 1.60. The summed E-state index contributed by atoms with van der Waals surface area (Å²) in [7, 11) is 3.39. The summed E-state index contributed by atoms with van der Waals surface area (Å²) in [6, 6.07) is 12.5. The molecule has 0 saturated heterocycles. The molecule has 2 aromatic carbocycles. The van der Waals surface area contributed by atoms with Crippen LogP contribution in [-0.2, 0) is 4.79 Å². The van der Waals surface area contributed by atoms with Crippen molar-refractivity contribution in [2.45, 2.75) is 6.92 Å². The van der Waals surface area contributed by atoms with E-state index in [1.807, 2.05) is 25.1 Å². The van der Waals surface area contributed by atoms with Gasteiger partial charge in [-0.3, -0.25) is 9.59 Å². The topological polar surface area (TPSA) is 105 Å². The first kappa shape index (κ1) is 19.0. The van der Waals surface area contributed by atoms with Crippen molar-refractivity contribution >= 4 is 23.2 Å². The first-order valence-electron chi connectivity index (χ1n) is 8.63. The minimum Gasteiger partial charge on any atom is -0.376 e. The second-order valence-electron chi connectivity index (χ2n) is 6.43. The molecule has 0 radical (unpaired) electrons. The Hall–Kier alpha value is -3.75. The van der Waals surface area contributed by atoms with Crippen LogP contribution in [0.2, 0.25) is 0 Å². The molecule has 1 heterocycles. The van der Waals surface area contributed by atoms with Crippen molar-refractivity contribution in [3.8, 4) is 5.69 Å². The van der Waals surface area contributed by atoms with E-state index >= 15 is 0 Å². The van der Waals surface area contributed by atoms with Gasteiger partial charge >= 0.3 is 0 Å². The third-order valence-electron chi connectivity index (χ3n) is 4.10. The van der Waals surface area contributed by atoms with E-state index in [0.717, 1.165) is 16.9 Å². The van der Waals surface area contributed by atoms with Crippen molar-refractivity contribution in [2.24, 2.45) is 0 Å². The maximum Gasteiger partial charge on any atom is 0.253 e. The number of tetrazole rings is 1. The van der Waals surface area contributed by atoms with E-state index in [1.54, 1.807) is 43.0 Å². The number of hydrogen-bond donors (Lipinski definition) is 2. The van der Waals surface area contributed by atoms with Gasteiger partial charge in [-0.2, -0.15) is 0 Å². The highest BCUT2D eigenvalue weighted by Crippen LogP contribution is 2.19. The zero-order valence-electron chi connectivity index (χ0n) is 15.9. The van der Waals surface area contributed by atoms with E-state index < -0.39 is 0 Å². The number of anilines is 2. The van der Waals surface area contributed by atoms with Gasteiger partial charge in [-0.25, -0.2) is 4.68 Å². The number of hydrogen-bond acceptors (Lipinski definition) is 6. The van der Waals surface area contributed by atoms with Crippen molar-refractivity contribution in [3.05, 3.63) is 59.9 Å². The van der Waals surface area contributed by atoms with Crippen LogP contribution in [0.3, 0.4) is 0 Å². The molecule has 2 amide bonds. The van der Waals surface area contributed by atoms with Gasteiger partial charge in [0.1, 0.15) is 6.33 Å². The maximum atomic E-state index is 12.3. The van der Waals surface area contributed by atoms with Crippen LogP contribution in [0.5, 0.6) is 0 Å². The van der Waals surface area contributed by atoms with Gasteiger partial charge in [-0.05, 0) is 59.3 Å². The number of nitrogens with one attached hydrogen (secondary N) is 2. The number of rotatable bonds is 6. The summed E-state index contributed by atoms with van der Waals surface area (Å²) in [6.45, 7) is 2.04. The predicted octanol–water partition coefficient (Wildman–Crippen LogP) is 1.72. The molecule has 9 nitrogen and oxygen atoms in total. The monoisotopic (exact) mass is 379 g/mol. The highest BCUT2D eigenvalue weighted by atomic mass is 16.2. The number of carbonyl (C=O) groups excluding carboxylic acids is 2. The van der Waals surface area contributed by atoms with Gasteiger partial charge in [0, 0.05) is 31.0 Å². The van der Waals surface area contributed by atoms with E-state index in [2.05, 4.69) is 26.2 Å². The van der Waals surface area contributed by atoms with Gasteiger partial charge in [0.25, 0.3) is 5.91 Å². The summed E-state index contributed by atoms with van der Waals surface area (Å²) in [5, 5.41) is 17.0. The molecule has 0 bridgehead atoms. The fraction of sp³-hybridized carbons (Fsp3) is 0.211. The van der Waals surface area contributed by atoms with Crippen LogP contribution in [0.25, 0.3) is 5.69 Å². The lowest BCUT2D eigenvalue weighted by Crippen LogP contribution is -2.23. The maximum absolute atomic E-state index is 12.3. The molecule has 9 heteroatoms. The minimum atomic E-state index is -0.195. The van der Waals surface area contributed by atoms with E-state index in [9.17, 15) is 9.59 Å². The third kappa shape index (κ3) is 4.50. The normalized spacial score (nSPS) is 10.4. The Morgan fingerprint density at radius 3 is 2.50 bits per heavy atom. The molecule has 1 aromatic heterocycles. The van der Waals surface area contributed by atoms with Crippen LogP contribution in [0, 0.1) is 6.92 Å². The quantitative estimate of drug-likeness (QED) is 0.676. The molecule has 3 aromatic rings. The van der Waals surface area contributed by atoms with Crippen LogP contribution >= 0.6 is 0 Å². The molecule has 0 saturated carbocycles. The Bertz CT molecular complexity index is 966. The molecule has 144 valence electrons. The Labute approximate surface area is 162 Å². The molecule has 0 unspecified atom stereocenters. The smallest absolute Gasteiger partial charge is 0.253 e. The Morgan fingerprint density at radius 1 is 1.11 bits per heavy atom. The Kier molecular flexibility index (Phi) is 5.64. The van der Waals surface area contributed by atoms with E-state index in [-0.39, 0.29) is 18.4 Å². The average Bonchev–Trinajstić information content (AvgIpc) is 3.22. The first-order valence-corrected chi connectivity index (χ1v) is 8.63. The van der Waals surface area contributed by atoms with Gasteiger partial charge in [-0.1, -0.05) is 6.07 Å². The predicted molar refractivity (Wildman–Crippen MR) is 105 cm³/mol. The molecular weight excluding hydrogens is 358 g/mol. The lowest BCUT2D eigenvalue weighted by atomic mass is 10.1. The standard InChI is InChI=1S/C19H21N7O2/c1-13-4-9-16(26-12-21-23-24-26)10-17(13)20-11-18(27)22-15-7-5-14(6-8-15)19(28)25(2)3/h4-10,12,20H,11H2,1-3H3,(H,22,27). The zero-order valence-corrected chi connectivity index (χ0v) is 15.9. The largest absolute Gasteiger partial charge is 0.376 e. The molecule has 0 atom stereocenters. The van der Waals surface area contributed by atoms with Crippen LogP contribution < -0.4 is 10.6 Å². The van der Waals surface area contributed by atoms with Crippen LogP contribution in [0.4, 0.5) is 11.4 Å².